The molecule has 1 atom stereocenters. The molecule has 4 amide bonds. The van der Waals surface area contributed by atoms with Gasteiger partial charge in [0.05, 0.1) is 0 Å². The van der Waals surface area contributed by atoms with E-state index in [1.165, 1.54) is 31.2 Å². The summed E-state index contributed by atoms with van der Waals surface area (Å²) in [5.74, 6) is -1.48. The van der Waals surface area contributed by atoms with E-state index in [2.05, 4.69) is 10.6 Å². The summed E-state index contributed by atoms with van der Waals surface area (Å²) in [4.78, 5) is 36.9. The average Bonchev–Trinajstić information content (AvgIpc) is 2.70. The summed E-state index contributed by atoms with van der Waals surface area (Å²) in [5.41, 5.74) is 4.39. The van der Waals surface area contributed by atoms with Crippen LogP contribution in [0.3, 0.4) is 0 Å². The quantitative estimate of drug-likeness (QED) is 0.648. The third-order valence-corrected chi connectivity index (χ3v) is 3.46. The van der Waals surface area contributed by atoms with E-state index in [1.54, 1.807) is 0 Å². The molecule has 22 heavy (non-hydrogen) atoms. The maximum atomic E-state index is 13.0. The van der Waals surface area contributed by atoms with Crippen molar-refractivity contribution in [3.63, 3.8) is 0 Å². The number of urea groups is 1. The number of hydrogen-bond donors (Lipinski definition) is 3. The molecule has 0 saturated carbocycles. The van der Waals surface area contributed by atoms with Crippen LogP contribution in [0.2, 0.25) is 0 Å². The van der Waals surface area contributed by atoms with E-state index in [0.29, 0.717) is 5.56 Å². The van der Waals surface area contributed by atoms with Gasteiger partial charge in [0.15, 0.2) is 0 Å². The molecule has 0 aliphatic carbocycles. The summed E-state index contributed by atoms with van der Waals surface area (Å²) in [7, 11) is 0. The van der Waals surface area contributed by atoms with Gasteiger partial charge in [-0.3, -0.25) is 14.5 Å². The second-order valence-electron chi connectivity index (χ2n) is 5.09. The molecule has 7 nitrogen and oxygen atoms in total. The molecular weight excluding hydrogens is 291 g/mol. The third kappa shape index (κ3) is 2.91. The minimum atomic E-state index is -1.32. The van der Waals surface area contributed by atoms with E-state index in [-0.39, 0.29) is 19.6 Å². The highest BCUT2D eigenvalue weighted by atomic mass is 19.1. The molecule has 0 spiro atoms. The number of amides is 4. The first kappa shape index (κ1) is 15.9. The molecule has 0 aromatic heterocycles. The van der Waals surface area contributed by atoms with Crippen molar-refractivity contribution < 1.29 is 18.8 Å². The van der Waals surface area contributed by atoms with E-state index in [4.69, 9.17) is 5.73 Å². The third-order valence-electron chi connectivity index (χ3n) is 3.46. The maximum Gasteiger partial charge on any atom is 0.325 e. The van der Waals surface area contributed by atoms with Crippen LogP contribution in [0.15, 0.2) is 24.3 Å². The molecule has 1 aliphatic heterocycles. The van der Waals surface area contributed by atoms with Crippen molar-refractivity contribution in [1.82, 2.24) is 15.5 Å². The lowest BCUT2D eigenvalue weighted by molar-refractivity contribution is -0.134. The number of rotatable bonds is 5. The highest BCUT2D eigenvalue weighted by Gasteiger charge is 2.49. The fourth-order valence-corrected chi connectivity index (χ4v) is 2.23. The van der Waals surface area contributed by atoms with Gasteiger partial charge in [-0.2, -0.15) is 0 Å². The molecule has 1 unspecified atom stereocenters. The standard InChI is InChI=1S/C14H17FN4O3/c1-14(9-2-4-10(15)5-3-9)12(21)19(13(22)18-14)8-11(20)17-7-6-16/h2-5H,6-8,16H2,1H3,(H,17,20)(H,18,22). The Morgan fingerprint density at radius 2 is 2.00 bits per heavy atom. The summed E-state index contributed by atoms with van der Waals surface area (Å²) >= 11 is 0. The Hall–Kier alpha value is -2.48. The molecule has 2 rings (SSSR count). The van der Waals surface area contributed by atoms with Crippen LogP contribution in [0.1, 0.15) is 12.5 Å². The molecule has 4 N–H and O–H groups in total. The topological polar surface area (TPSA) is 105 Å². The molecule has 8 heteroatoms. The highest BCUT2D eigenvalue weighted by Crippen LogP contribution is 2.28. The van der Waals surface area contributed by atoms with Gasteiger partial charge in [0, 0.05) is 13.1 Å². The smallest absolute Gasteiger partial charge is 0.325 e. The summed E-state index contributed by atoms with van der Waals surface area (Å²) in [6.45, 7) is 1.65. The number of carbonyl (C=O) groups excluding carboxylic acids is 3. The van der Waals surface area contributed by atoms with Crippen molar-refractivity contribution >= 4 is 17.8 Å². The SMILES string of the molecule is CC1(c2ccc(F)cc2)NC(=O)N(CC(=O)NCCN)C1=O. The highest BCUT2D eigenvalue weighted by molar-refractivity contribution is 6.09. The second-order valence-corrected chi connectivity index (χ2v) is 5.09. The lowest BCUT2D eigenvalue weighted by atomic mass is 9.92. The van der Waals surface area contributed by atoms with Gasteiger partial charge < -0.3 is 16.4 Å². The van der Waals surface area contributed by atoms with Gasteiger partial charge >= 0.3 is 6.03 Å². The second kappa shape index (κ2) is 6.10. The summed E-state index contributed by atoms with van der Waals surface area (Å²) in [5, 5.41) is 5.03. The van der Waals surface area contributed by atoms with Crippen LogP contribution in [0.4, 0.5) is 9.18 Å². The van der Waals surface area contributed by atoms with Crippen LogP contribution in [0.25, 0.3) is 0 Å². The van der Waals surface area contributed by atoms with Crippen molar-refractivity contribution in [3.05, 3.63) is 35.6 Å². The van der Waals surface area contributed by atoms with Crippen molar-refractivity contribution in [1.29, 1.82) is 0 Å². The van der Waals surface area contributed by atoms with Crippen LogP contribution in [0.5, 0.6) is 0 Å². The van der Waals surface area contributed by atoms with Gasteiger partial charge in [-0.25, -0.2) is 9.18 Å². The number of carbonyl (C=O) groups is 3. The normalized spacial score (nSPS) is 21.0. The molecule has 1 saturated heterocycles. The zero-order valence-corrected chi connectivity index (χ0v) is 12.1. The molecule has 1 fully saturated rings. The molecule has 1 heterocycles. The van der Waals surface area contributed by atoms with E-state index >= 15 is 0 Å². The first-order valence-corrected chi connectivity index (χ1v) is 6.75. The molecule has 1 aromatic rings. The Kier molecular flexibility index (Phi) is 4.41. The fourth-order valence-electron chi connectivity index (χ4n) is 2.23. The molecule has 0 radical (unpaired) electrons. The van der Waals surface area contributed by atoms with Crippen molar-refractivity contribution in [2.75, 3.05) is 19.6 Å². The lowest BCUT2D eigenvalue weighted by Crippen LogP contribution is -2.43. The number of benzene rings is 1. The Bertz CT molecular complexity index is 605. The molecule has 0 bridgehead atoms. The Morgan fingerprint density at radius 1 is 1.36 bits per heavy atom. The summed E-state index contributed by atoms with van der Waals surface area (Å²) < 4.78 is 13.0. The van der Waals surface area contributed by atoms with Gasteiger partial charge in [-0.1, -0.05) is 12.1 Å². The van der Waals surface area contributed by atoms with Crippen molar-refractivity contribution in [2.24, 2.45) is 5.73 Å². The lowest BCUT2D eigenvalue weighted by Gasteiger charge is -2.22. The average molecular weight is 308 g/mol. The number of imide groups is 1. The summed E-state index contributed by atoms with van der Waals surface area (Å²) in [6, 6.07) is 4.59. The molecule has 1 aromatic carbocycles. The minimum absolute atomic E-state index is 0.262. The van der Waals surface area contributed by atoms with E-state index in [0.717, 1.165) is 4.90 Å². The van der Waals surface area contributed by atoms with Crippen molar-refractivity contribution in [3.8, 4) is 0 Å². The van der Waals surface area contributed by atoms with Crippen LogP contribution >= 0.6 is 0 Å². The van der Waals surface area contributed by atoms with Crippen LogP contribution in [-0.4, -0.2) is 42.4 Å². The van der Waals surface area contributed by atoms with Gasteiger partial charge in [0.1, 0.15) is 17.9 Å². The number of nitrogens with one attached hydrogen (secondary N) is 2. The Labute approximate surface area is 126 Å². The van der Waals surface area contributed by atoms with Crippen LogP contribution < -0.4 is 16.4 Å². The number of nitrogens with zero attached hydrogens (tertiary/aromatic N) is 1. The molecular formula is C14H17FN4O3. The number of halogens is 1. The predicted octanol–water partition coefficient (Wildman–Crippen LogP) is -0.332. The first-order chi connectivity index (χ1) is 10.4. The van der Waals surface area contributed by atoms with Crippen LogP contribution in [-0.2, 0) is 15.1 Å². The molecule has 118 valence electrons. The molecule has 1 aliphatic rings. The number of nitrogens with two attached hydrogens (primary N) is 1. The first-order valence-electron chi connectivity index (χ1n) is 6.75. The van der Waals surface area contributed by atoms with E-state index in [9.17, 15) is 18.8 Å². The van der Waals surface area contributed by atoms with Crippen LogP contribution in [0, 0.1) is 5.82 Å². The van der Waals surface area contributed by atoms with Gasteiger partial charge in [0.25, 0.3) is 5.91 Å². The minimum Gasteiger partial charge on any atom is -0.353 e. The Morgan fingerprint density at radius 3 is 2.59 bits per heavy atom. The van der Waals surface area contributed by atoms with E-state index < -0.39 is 29.2 Å². The zero-order valence-electron chi connectivity index (χ0n) is 12.1. The monoisotopic (exact) mass is 308 g/mol. The van der Waals surface area contributed by atoms with E-state index in [1.807, 2.05) is 0 Å². The van der Waals surface area contributed by atoms with Gasteiger partial charge in [-0.05, 0) is 24.6 Å². The number of hydrogen-bond acceptors (Lipinski definition) is 4. The summed E-state index contributed by atoms with van der Waals surface area (Å²) in [6.07, 6.45) is 0. The maximum absolute atomic E-state index is 13.0. The van der Waals surface area contributed by atoms with Gasteiger partial charge in [-0.15, -0.1) is 0 Å². The Balaban J connectivity index is 2.17. The zero-order chi connectivity index (χ0) is 16.3. The van der Waals surface area contributed by atoms with Crippen molar-refractivity contribution in [2.45, 2.75) is 12.5 Å². The predicted molar refractivity (Wildman–Crippen MR) is 76.1 cm³/mol. The fraction of sp³-hybridized carbons (Fsp3) is 0.357. The van der Waals surface area contributed by atoms with Gasteiger partial charge in [0.2, 0.25) is 5.91 Å². The largest absolute Gasteiger partial charge is 0.353 e.